The summed E-state index contributed by atoms with van der Waals surface area (Å²) in [4.78, 5) is 11.4. The van der Waals surface area contributed by atoms with Crippen molar-refractivity contribution < 1.29 is 31.9 Å². The first-order valence-electron chi connectivity index (χ1n) is 8.85. The third-order valence-corrected chi connectivity index (χ3v) is 5.54. The van der Waals surface area contributed by atoms with Gasteiger partial charge in [0.15, 0.2) is 0 Å². The minimum Gasteiger partial charge on any atom is -0.488 e. The van der Waals surface area contributed by atoms with E-state index in [2.05, 4.69) is 4.74 Å². The quantitative estimate of drug-likeness (QED) is 0.336. The Morgan fingerprint density at radius 2 is 1.83 bits per heavy atom. The first-order valence-corrected chi connectivity index (χ1v) is 9.67. The Morgan fingerprint density at radius 3 is 2.53 bits per heavy atom. The second kappa shape index (κ2) is 7.87. The van der Waals surface area contributed by atoms with Crippen molar-refractivity contribution in [2.75, 3.05) is 7.11 Å². The molecular weight excluding hydrogens is 417 g/mol. The van der Waals surface area contributed by atoms with E-state index >= 15 is 0 Å². The molecule has 154 valence electrons. The monoisotopic (exact) mass is 432 g/mol. The van der Waals surface area contributed by atoms with Gasteiger partial charge in [-0.15, -0.1) is 11.3 Å². The molecule has 0 N–H and O–H groups in total. The van der Waals surface area contributed by atoms with Gasteiger partial charge in [-0.2, -0.15) is 13.2 Å². The molecule has 4 rings (SSSR count). The molecule has 0 spiro atoms. The maximum atomic E-state index is 13.5. The highest BCUT2D eigenvalue weighted by atomic mass is 32.1. The fourth-order valence-corrected chi connectivity index (χ4v) is 3.97. The zero-order valence-corrected chi connectivity index (χ0v) is 16.5. The SMILES string of the molecule is COC(=O)c1cc2ccc(OCc3cc(-c4ccccc4)c(C(F)(F)F)s3)cc2o1. The van der Waals surface area contributed by atoms with E-state index in [4.69, 9.17) is 9.15 Å². The normalized spacial score (nSPS) is 11.6. The lowest BCUT2D eigenvalue weighted by Gasteiger charge is -2.07. The summed E-state index contributed by atoms with van der Waals surface area (Å²) >= 11 is 0.661. The Balaban J connectivity index is 1.58. The Morgan fingerprint density at radius 1 is 1.07 bits per heavy atom. The van der Waals surface area contributed by atoms with Crippen LogP contribution in [0.2, 0.25) is 0 Å². The van der Waals surface area contributed by atoms with E-state index in [9.17, 15) is 18.0 Å². The van der Waals surface area contributed by atoms with Crippen LogP contribution in [0.15, 0.2) is 65.1 Å². The number of methoxy groups -OCH3 is 1. The molecule has 0 bridgehead atoms. The summed E-state index contributed by atoms with van der Waals surface area (Å²) in [6.45, 7) is -0.0311. The van der Waals surface area contributed by atoms with Crippen molar-refractivity contribution in [1.82, 2.24) is 0 Å². The number of fused-ring (bicyclic) bond motifs is 1. The fourth-order valence-electron chi connectivity index (χ4n) is 3.01. The highest BCUT2D eigenvalue weighted by molar-refractivity contribution is 7.12. The highest BCUT2D eigenvalue weighted by Gasteiger charge is 2.36. The smallest absolute Gasteiger partial charge is 0.426 e. The standard InChI is InChI=1S/C22H15F3O4S/c1-27-21(26)19-9-14-7-8-15(10-18(14)29-19)28-12-16-11-17(13-5-3-2-4-6-13)20(30-16)22(23,24)25/h2-11H,12H2,1H3. The number of benzene rings is 2. The summed E-state index contributed by atoms with van der Waals surface area (Å²) in [5.74, 6) is -0.123. The van der Waals surface area contributed by atoms with Gasteiger partial charge < -0.3 is 13.9 Å². The third-order valence-electron chi connectivity index (χ3n) is 4.38. The first kappa shape index (κ1) is 20.0. The molecule has 0 unspecified atom stereocenters. The number of halogens is 3. The van der Waals surface area contributed by atoms with Crippen molar-refractivity contribution in [3.05, 3.63) is 76.2 Å². The maximum absolute atomic E-state index is 13.5. The molecule has 0 saturated carbocycles. The zero-order valence-electron chi connectivity index (χ0n) is 15.7. The third kappa shape index (κ3) is 4.04. The summed E-state index contributed by atoms with van der Waals surface area (Å²) < 4.78 is 56.2. The van der Waals surface area contributed by atoms with E-state index in [1.807, 2.05) is 0 Å². The summed E-state index contributed by atoms with van der Waals surface area (Å²) in [6, 6.07) is 16.4. The van der Waals surface area contributed by atoms with E-state index in [0.717, 1.165) is 0 Å². The van der Waals surface area contributed by atoms with E-state index in [-0.39, 0.29) is 17.9 Å². The van der Waals surface area contributed by atoms with Crippen LogP contribution >= 0.6 is 11.3 Å². The number of ether oxygens (including phenoxy) is 2. The largest absolute Gasteiger partial charge is 0.488 e. The lowest BCUT2D eigenvalue weighted by molar-refractivity contribution is -0.133. The van der Waals surface area contributed by atoms with Gasteiger partial charge in [0.2, 0.25) is 5.76 Å². The predicted molar refractivity (Wildman–Crippen MR) is 107 cm³/mol. The number of hydrogen-bond acceptors (Lipinski definition) is 5. The van der Waals surface area contributed by atoms with Crippen molar-refractivity contribution in [3.63, 3.8) is 0 Å². The van der Waals surface area contributed by atoms with Crippen molar-refractivity contribution in [1.29, 1.82) is 0 Å². The van der Waals surface area contributed by atoms with Crippen molar-refractivity contribution >= 4 is 28.3 Å². The Kier molecular flexibility index (Phi) is 5.26. The molecule has 0 aliphatic carbocycles. The van der Waals surface area contributed by atoms with Crippen molar-refractivity contribution in [3.8, 4) is 16.9 Å². The molecule has 4 nitrogen and oxygen atoms in total. The number of carbonyl (C=O) groups is 1. The summed E-state index contributed by atoms with van der Waals surface area (Å²) in [6.07, 6.45) is -4.45. The Labute approximate surface area is 173 Å². The van der Waals surface area contributed by atoms with Crippen LogP contribution in [0.25, 0.3) is 22.1 Å². The van der Waals surface area contributed by atoms with Gasteiger partial charge in [0.05, 0.1) is 7.11 Å². The Hall–Kier alpha value is -3.26. The lowest BCUT2D eigenvalue weighted by Crippen LogP contribution is -2.03. The molecule has 0 aliphatic heterocycles. The number of carbonyl (C=O) groups excluding carboxylic acids is 1. The molecule has 2 aromatic heterocycles. The van der Waals surface area contributed by atoms with Gasteiger partial charge in [-0.3, -0.25) is 0 Å². The summed E-state index contributed by atoms with van der Waals surface area (Å²) in [5, 5.41) is 0.685. The molecule has 8 heteroatoms. The number of hydrogen-bond donors (Lipinski definition) is 0. The summed E-state index contributed by atoms with van der Waals surface area (Å²) in [7, 11) is 1.25. The average molecular weight is 432 g/mol. The van der Waals surface area contributed by atoms with E-state index in [1.165, 1.54) is 13.2 Å². The van der Waals surface area contributed by atoms with Crippen LogP contribution in [0.5, 0.6) is 5.75 Å². The van der Waals surface area contributed by atoms with Gasteiger partial charge in [-0.05, 0) is 29.8 Å². The molecule has 30 heavy (non-hydrogen) atoms. The van der Waals surface area contributed by atoms with Gasteiger partial charge in [-0.25, -0.2) is 4.79 Å². The maximum Gasteiger partial charge on any atom is 0.426 e. The summed E-state index contributed by atoms with van der Waals surface area (Å²) in [5.41, 5.74) is 1.05. The fraction of sp³-hybridized carbons (Fsp3) is 0.136. The van der Waals surface area contributed by atoms with Gasteiger partial charge in [0, 0.05) is 21.9 Å². The van der Waals surface area contributed by atoms with Crippen LogP contribution in [0.1, 0.15) is 20.3 Å². The number of thiophene rings is 1. The molecule has 2 heterocycles. The molecular formula is C22H15F3O4S. The molecule has 0 radical (unpaired) electrons. The van der Waals surface area contributed by atoms with E-state index in [1.54, 1.807) is 54.6 Å². The predicted octanol–water partition coefficient (Wildman–Crippen LogP) is 6.55. The van der Waals surface area contributed by atoms with Gasteiger partial charge in [-0.1, -0.05) is 30.3 Å². The Bertz CT molecular complexity index is 1190. The number of furan rings is 1. The average Bonchev–Trinajstić information content (AvgIpc) is 3.36. The van der Waals surface area contributed by atoms with Crippen molar-refractivity contribution in [2.24, 2.45) is 0 Å². The molecule has 0 fully saturated rings. The van der Waals surface area contributed by atoms with Gasteiger partial charge in [0.25, 0.3) is 0 Å². The van der Waals surface area contributed by atoms with Crippen LogP contribution in [0.3, 0.4) is 0 Å². The van der Waals surface area contributed by atoms with Crippen LogP contribution in [0, 0.1) is 0 Å². The van der Waals surface area contributed by atoms with Crippen LogP contribution in [0.4, 0.5) is 13.2 Å². The molecule has 4 aromatic rings. The second-order valence-corrected chi connectivity index (χ2v) is 7.55. The zero-order chi connectivity index (χ0) is 21.3. The number of alkyl halides is 3. The molecule has 2 aromatic carbocycles. The molecule has 0 atom stereocenters. The van der Waals surface area contributed by atoms with E-state index < -0.39 is 17.0 Å². The van der Waals surface area contributed by atoms with Gasteiger partial charge >= 0.3 is 12.1 Å². The minimum absolute atomic E-state index is 0.0311. The van der Waals surface area contributed by atoms with Crippen LogP contribution in [-0.4, -0.2) is 13.1 Å². The molecule has 0 saturated heterocycles. The lowest BCUT2D eigenvalue weighted by atomic mass is 10.1. The van der Waals surface area contributed by atoms with Crippen molar-refractivity contribution in [2.45, 2.75) is 12.8 Å². The number of esters is 1. The minimum atomic E-state index is -4.45. The second-order valence-electron chi connectivity index (χ2n) is 6.41. The topological polar surface area (TPSA) is 48.7 Å². The van der Waals surface area contributed by atoms with Gasteiger partial charge in [0.1, 0.15) is 22.8 Å². The molecule has 0 amide bonds. The van der Waals surface area contributed by atoms with Crippen LogP contribution in [-0.2, 0) is 17.5 Å². The van der Waals surface area contributed by atoms with E-state index in [0.29, 0.717) is 38.5 Å². The van der Waals surface area contributed by atoms with Crippen LogP contribution < -0.4 is 4.74 Å². The molecule has 0 aliphatic rings. The first-order chi connectivity index (χ1) is 14.3. The highest BCUT2D eigenvalue weighted by Crippen LogP contribution is 2.43. The number of rotatable bonds is 5.